The third kappa shape index (κ3) is 7.68. The predicted octanol–water partition coefficient (Wildman–Crippen LogP) is 6.89. The number of aliphatic imine (C=N–C) groups is 1. The minimum atomic E-state index is 0.171. The lowest BCUT2D eigenvalue weighted by Gasteiger charge is -2.05. The van der Waals surface area contributed by atoms with E-state index in [1.54, 1.807) is 24.4 Å². The van der Waals surface area contributed by atoms with Gasteiger partial charge in [-0.1, -0.05) is 68.7 Å². The summed E-state index contributed by atoms with van der Waals surface area (Å²) in [6, 6.07) is 22.8. The number of hydrogen-bond donors (Lipinski definition) is 1. The van der Waals surface area contributed by atoms with Gasteiger partial charge in [0.1, 0.15) is 17.2 Å². The SMILES string of the molecule is CCCCCCCOc1ccc(C#Cc2ccc(C=Nc3ccccc3O)cc2)cc1. The first-order valence-corrected chi connectivity index (χ1v) is 10.9. The van der Waals surface area contributed by atoms with Gasteiger partial charge in [0.2, 0.25) is 0 Å². The molecule has 0 heterocycles. The fourth-order valence-corrected chi connectivity index (χ4v) is 3.04. The van der Waals surface area contributed by atoms with Crippen LogP contribution in [-0.4, -0.2) is 17.9 Å². The van der Waals surface area contributed by atoms with Gasteiger partial charge in [0.05, 0.1) is 6.61 Å². The van der Waals surface area contributed by atoms with Crippen LogP contribution in [0.15, 0.2) is 77.8 Å². The maximum Gasteiger partial charge on any atom is 0.141 e. The molecule has 158 valence electrons. The third-order valence-electron chi connectivity index (χ3n) is 4.87. The minimum Gasteiger partial charge on any atom is -0.506 e. The summed E-state index contributed by atoms with van der Waals surface area (Å²) in [5.41, 5.74) is 3.40. The van der Waals surface area contributed by atoms with Gasteiger partial charge in [0.15, 0.2) is 0 Å². The molecule has 0 radical (unpaired) electrons. The van der Waals surface area contributed by atoms with Crippen LogP contribution in [-0.2, 0) is 0 Å². The van der Waals surface area contributed by atoms with Crippen LogP contribution >= 0.6 is 0 Å². The first-order valence-electron chi connectivity index (χ1n) is 10.9. The van der Waals surface area contributed by atoms with Crippen molar-refractivity contribution in [1.82, 2.24) is 0 Å². The van der Waals surface area contributed by atoms with E-state index < -0.39 is 0 Å². The summed E-state index contributed by atoms with van der Waals surface area (Å²) in [5, 5.41) is 9.77. The molecule has 31 heavy (non-hydrogen) atoms. The lowest BCUT2D eigenvalue weighted by Crippen LogP contribution is -1.97. The number of benzene rings is 3. The highest BCUT2D eigenvalue weighted by atomic mass is 16.5. The Kier molecular flexibility index (Phi) is 8.76. The topological polar surface area (TPSA) is 41.8 Å². The van der Waals surface area contributed by atoms with Crippen molar-refractivity contribution in [3.8, 4) is 23.3 Å². The van der Waals surface area contributed by atoms with Crippen molar-refractivity contribution in [2.45, 2.75) is 39.0 Å². The summed E-state index contributed by atoms with van der Waals surface area (Å²) in [6.07, 6.45) is 7.93. The molecule has 3 rings (SSSR count). The number of rotatable bonds is 9. The number of phenolic OH excluding ortho intramolecular Hbond substituents is 1. The Morgan fingerprint density at radius 2 is 1.45 bits per heavy atom. The van der Waals surface area contributed by atoms with Gasteiger partial charge in [-0.05, 0) is 60.5 Å². The number of ether oxygens (including phenoxy) is 1. The van der Waals surface area contributed by atoms with Gasteiger partial charge in [-0.25, -0.2) is 0 Å². The molecule has 0 saturated carbocycles. The van der Waals surface area contributed by atoms with E-state index in [2.05, 4.69) is 23.8 Å². The number of unbranched alkanes of at least 4 members (excludes halogenated alkanes) is 4. The van der Waals surface area contributed by atoms with E-state index in [9.17, 15) is 5.11 Å². The smallest absolute Gasteiger partial charge is 0.141 e. The van der Waals surface area contributed by atoms with Crippen LogP contribution < -0.4 is 4.74 Å². The van der Waals surface area contributed by atoms with Crippen molar-refractivity contribution in [2.75, 3.05) is 6.61 Å². The number of nitrogens with zero attached hydrogens (tertiary/aromatic N) is 1. The molecule has 0 unspecified atom stereocenters. The van der Waals surface area contributed by atoms with Crippen LogP contribution in [0.2, 0.25) is 0 Å². The minimum absolute atomic E-state index is 0.171. The van der Waals surface area contributed by atoms with Gasteiger partial charge in [-0.2, -0.15) is 0 Å². The summed E-state index contributed by atoms with van der Waals surface area (Å²) < 4.78 is 5.80. The number of hydrogen-bond acceptors (Lipinski definition) is 3. The first kappa shape index (κ1) is 22.2. The molecule has 3 aromatic rings. The molecule has 3 nitrogen and oxygen atoms in total. The predicted molar refractivity (Wildman–Crippen MR) is 128 cm³/mol. The van der Waals surface area contributed by atoms with Crippen molar-refractivity contribution < 1.29 is 9.84 Å². The Hall–Kier alpha value is -3.51. The summed E-state index contributed by atoms with van der Waals surface area (Å²) in [7, 11) is 0. The molecular formula is C28H29NO2. The molecular weight excluding hydrogens is 382 g/mol. The van der Waals surface area contributed by atoms with Gasteiger partial charge < -0.3 is 9.84 Å². The number of aromatic hydroxyl groups is 1. The Bertz CT molecular complexity index is 1030. The van der Waals surface area contributed by atoms with Crippen LogP contribution in [0.5, 0.6) is 11.5 Å². The van der Waals surface area contributed by atoms with Crippen molar-refractivity contribution in [3.05, 3.63) is 89.5 Å². The normalized spacial score (nSPS) is 10.6. The van der Waals surface area contributed by atoms with Gasteiger partial charge in [0.25, 0.3) is 0 Å². The van der Waals surface area contributed by atoms with Crippen molar-refractivity contribution in [1.29, 1.82) is 0 Å². The van der Waals surface area contributed by atoms with E-state index in [1.807, 2.05) is 54.6 Å². The average molecular weight is 412 g/mol. The summed E-state index contributed by atoms with van der Waals surface area (Å²) >= 11 is 0. The van der Waals surface area contributed by atoms with Crippen molar-refractivity contribution in [3.63, 3.8) is 0 Å². The highest BCUT2D eigenvalue weighted by Gasteiger charge is 1.97. The molecule has 0 aliphatic carbocycles. The lowest BCUT2D eigenvalue weighted by molar-refractivity contribution is 0.304. The van der Waals surface area contributed by atoms with Crippen LogP contribution in [0, 0.1) is 11.8 Å². The number of para-hydroxylation sites is 2. The quantitative estimate of drug-likeness (QED) is 0.237. The van der Waals surface area contributed by atoms with Crippen LogP contribution in [0.25, 0.3) is 0 Å². The number of phenols is 1. The van der Waals surface area contributed by atoms with Crippen molar-refractivity contribution in [2.24, 2.45) is 4.99 Å². The average Bonchev–Trinajstić information content (AvgIpc) is 2.81. The Morgan fingerprint density at radius 3 is 2.13 bits per heavy atom. The monoisotopic (exact) mass is 411 g/mol. The molecule has 0 aliphatic rings. The maximum atomic E-state index is 9.77. The Balaban J connectivity index is 1.50. The summed E-state index contributed by atoms with van der Waals surface area (Å²) in [4.78, 5) is 4.32. The van der Waals surface area contributed by atoms with E-state index in [0.717, 1.165) is 35.5 Å². The van der Waals surface area contributed by atoms with Gasteiger partial charge in [-0.3, -0.25) is 4.99 Å². The maximum absolute atomic E-state index is 9.77. The van der Waals surface area contributed by atoms with Crippen LogP contribution in [0.1, 0.15) is 55.7 Å². The molecule has 0 atom stereocenters. The second kappa shape index (κ2) is 12.2. The zero-order valence-corrected chi connectivity index (χ0v) is 18.1. The molecule has 0 fully saturated rings. The Labute approximate surface area is 185 Å². The molecule has 0 amide bonds. The zero-order valence-electron chi connectivity index (χ0n) is 18.1. The molecule has 0 aliphatic heterocycles. The van der Waals surface area contributed by atoms with E-state index in [1.165, 1.54) is 25.7 Å². The van der Waals surface area contributed by atoms with Crippen LogP contribution in [0.4, 0.5) is 5.69 Å². The van der Waals surface area contributed by atoms with E-state index in [0.29, 0.717) is 5.69 Å². The van der Waals surface area contributed by atoms with Gasteiger partial charge >= 0.3 is 0 Å². The second-order valence-electron chi connectivity index (χ2n) is 7.41. The first-order chi connectivity index (χ1) is 15.2. The molecule has 3 aromatic carbocycles. The van der Waals surface area contributed by atoms with Crippen molar-refractivity contribution >= 4 is 11.9 Å². The van der Waals surface area contributed by atoms with E-state index in [4.69, 9.17) is 4.74 Å². The summed E-state index contributed by atoms with van der Waals surface area (Å²) in [5.74, 6) is 7.45. The largest absolute Gasteiger partial charge is 0.506 e. The molecule has 0 bridgehead atoms. The van der Waals surface area contributed by atoms with Crippen LogP contribution in [0.3, 0.4) is 0 Å². The standard InChI is InChI=1S/C28H29NO2/c1-2-3-4-5-8-21-31-26-19-17-24(18-20-26)12-11-23-13-15-25(16-14-23)22-29-27-9-6-7-10-28(27)30/h6-7,9-10,13-20,22,30H,2-5,8,21H2,1H3. The lowest BCUT2D eigenvalue weighted by atomic mass is 10.1. The summed E-state index contributed by atoms with van der Waals surface area (Å²) in [6.45, 7) is 3.00. The molecule has 0 saturated heterocycles. The fraction of sp³-hybridized carbons (Fsp3) is 0.250. The van der Waals surface area contributed by atoms with E-state index >= 15 is 0 Å². The molecule has 1 N–H and O–H groups in total. The highest BCUT2D eigenvalue weighted by molar-refractivity contribution is 5.82. The highest BCUT2D eigenvalue weighted by Crippen LogP contribution is 2.24. The second-order valence-corrected chi connectivity index (χ2v) is 7.41. The third-order valence-corrected chi connectivity index (χ3v) is 4.87. The fourth-order valence-electron chi connectivity index (χ4n) is 3.04. The Morgan fingerprint density at radius 1 is 0.806 bits per heavy atom. The van der Waals surface area contributed by atoms with Gasteiger partial charge in [0, 0.05) is 17.3 Å². The molecule has 3 heteroatoms. The molecule has 0 aromatic heterocycles. The molecule has 0 spiro atoms. The van der Waals surface area contributed by atoms with E-state index in [-0.39, 0.29) is 5.75 Å². The zero-order chi connectivity index (χ0) is 21.7. The van der Waals surface area contributed by atoms with Gasteiger partial charge in [-0.15, -0.1) is 0 Å².